The van der Waals surface area contributed by atoms with Crippen LogP contribution in [0.4, 0.5) is 0 Å². The van der Waals surface area contributed by atoms with Crippen molar-refractivity contribution in [3.63, 3.8) is 0 Å². The third kappa shape index (κ3) is 4.10. The molecule has 0 aromatic carbocycles. The number of ether oxygens (including phenoxy) is 1. The van der Waals surface area contributed by atoms with E-state index < -0.39 is 0 Å². The molecule has 0 bridgehead atoms. The summed E-state index contributed by atoms with van der Waals surface area (Å²) in [4.78, 5) is 13.9. The molecule has 0 aliphatic carbocycles. The first kappa shape index (κ1) is 13.5. The van der Waals surface area contributed by atoms with Crippen LogP contribution in [-0.2, 0) is 9.53 Å². The van der Waals surface area contributed by atoms with Gasteiger partial charge in [0.25, 0.3) is 0 Å². The fraction of sp³-hybridized carbons (Fsp3) is 0.917. The first-order valence-electron chi connectivity index (χ1n) is 6.16. The molecule has 2 atom stereocenters. The highest BCUT2D eigenvalue weighted by molar-refractivity contribution is 5.81. The van der Waals surface area contributed by atoms with Crippen LogP contribution < -0.4 is 5.73 Å². The Hall–Kier alpha value is -0.610. The summed E-state index contributed by atoms with van der Waals surface area (Å²) in [6.45, 7) is 8.35. The van der Waals surface area contributed by atoms with Gasteiger partial charge in [-0.2, -0.15) is 0 Å². The van der Waals surface area contributed by atoms with Gasteiger partial charge in [-0.1, -0.05) is 13.8 Å². The van der Waals surface area contributed by atoms with E-state index in [4.69, 9.17) is 10.5 Å². The predicted octanol–water partition coefficient (Wildman–Crippen LogP) is 0.997. The van der Waals surface area contributed by atoms with E-state index in [1.54, 1.807) is 0 Å². The largest absolute Gasteiger partial charge is 0.377 e. The van der Waals surface area contributed by atoms with Crippen LogP contribution in [0.25, 0.3) is 0 Å². The van der Waals surface area contributed by atoms with Crippen molar-refractivity contribution in [2.24, 2.45) is 11.7 Å². The summed E-state index contributed by atoms with van der Waals surface area (Å²) in [6.07, 6.45) is 1.78. The maximum atomic E-state index is 12.1. The predicted molar refractivity (Wildman–Crippen MR) is 64.0 cm³/mol. The zero-order valence-electron chi connectivity index (χ0n) is 10.6. The van der Waals surface area contributed by atoms with Crippen molar-refractivity contribution in [2.75, 3.05) is 19.7 Å². The lowest BCUT2D eigenvalue weighted by atomic mass is 10.0. The Kier molecular flexibility index (Phi) is 5.22. The highest BCUT2D eigenvalue weighted by Crippen LogP contribution is 2.10. The van der Waals surface area contributed by atoms with Gasteiger partial charge in [-0.15, -0.1) is 0 Å². The molecule has 1 aliphatic heterocycles. The molecule has 94 valence electrons. The van der Waals surface area contributed by atoms with Gasteiger partial charge in [-0.25, -0.2) is 0 Å². The molecule has 0 aromatic rings. The lowest BCUT2D eigenvalue weighted by molar-refractivity contribution is -0.133. The lowest BCUT2D eigenvalue weighted by Gasteiger charge is -2.26. The van der Waals surface area contributed by atoms with Crippen LogP contribution >= 0.6 is 0 Å². The molecule has 2 N–H and O–H groups in total. The average Bonchev–Trinajstić information content (AvgIpc) is 2.40. The Labute approximate surface area is 98.1 Å². The molecule has 0 aromatic heterocycles. The molecule has 1 aliphatic rings. The number of nitrogens with zero attached hydrogens (tertiary/aromatic N) is 1. The Morgan fingerprint density at radius 1 is 1.56 bits per heavy atom. The Balaban J connectivity index is 2.50. The molecular formula is C12H24N2O2. The van der Waals surface area contributed by atoms with Gasteiger partial charge in [0.2, 0.25) is 5.91 Å². The molecule has 4 heteroatoms. The van der Waals surface area contributed by atoms with Gasteiger partial charge in [0.15, 0.2) is 0 Å². The van der Waals surface area contributed by atoms with Crippen LogP contribution in [0.3, 0.4) is 0 Å². The van der Waals surface area contributed by atoms with Crippen molar-refractivity contribution in [3.05, 3.63) is 0 Å². The third-order valence-corrected chi connectivity index (χ3v) is 2.81. The number of hydrogen-bond acceptors (Lipinski definition) is 3. The molecule has 2 unspecified atom stereocenters. The van der Waals surface area contributed by atoms with Crippen LogP contribution in [0, 0.1) is 5.92 Å². The molecule has 16 heavy (non-hydrogen) atoms. The van der Waals surface area contributed by atoms with Crippen molar-refractivity contribution in [3.8, 4) is 0 Å². The molecule has 1 heterocycles. The van der Waals surface area contributed by atoms with Crippen molar-refractivity contribution in [1.29, 1.82) is 0 Å². The lowest BCUT2D eigenvalue weighted by Crippen LogP contribution is -2.46. The molecule has 1 fully saturated rings. The number of carbonyl (C=O) groups is 1. The van der Waals surface area contributed by atoms with Crippen molar-refractivity contribution in [2.45, 2.75) is 45.8 Å². The second kappa shape index (κ2) is 6.21. The minimum Gasteiger partial charge on any atom is -0.377 e. The van der Waals surface area contributed by atoms with Gasteiger partial charge >= 0.3 is 0 Å². The fourth-order valence-electron chi connectivity index (χ4n) is 2.04. The van der Waals surface area contributed by atoms with Crippen molar-refractivity contribution < 1.29 is 9.53 Å². The quantitative estimate of drug-likeness (QED) is 0.784. The summed E-state index contributed by atoms with van der Waals surface area (Å²) in [5.74, 6) is 0.533. The highest BCUT2D eigenvalue weighted by Gasteiger charge is 2.24. The van der Waals surface area contributed by atoms with Gasteiger partial charge in [-0.3, -0.25) is 4.79 Å². The fourth-order valence-corrected chi connectivity index (χ4v) is 2.04. The maximum absolute atomic E-state index is 12.1. The van der Waals surface area contributed by atoms with Gasteiger partial charge in [-0.05, 0) is 25.7 Å². The van der Waals surface area contributed by atoms with Crippen molar-refractivity contribution in [1.82, 2.24) is 4.90 Å². The topological polar surface area (TPSA) is 55.6 Å². The highest BCUT2D eigenvalue weighted by atomic mass is 16.5. The summed E-state index contributed by atoms with van der Waals surface area (Å²) in [6, 6.07) is -0.356. The van der Waals surface area contributed by atoms with E-state index in [2.05, 4.69) is 13.8 Å². The average molecular weight is 228 g/mol. The van der Waals surface area contributed by atoms with E-state index >= 15 is 0 Å². The van der Waals surface area contributed by atoms with E-state index in [9.17, 15) is 4.79 Å². The van der Waals surface area contributed by atoms with Crippen LogP contribution in [0.15, 0.2) is 0 Å². The van der Waals surface area contributed by atoms with E-state index in [1.165, 1.54) is 0 Å². The van der Waals surface area contributed by atoms with E-state index in [0.717, 1.165) is 26.0 Å². The Morgan fingerprint density at radius 2 is 2.25 bits per heavy atom. The van der Waals surface area contributed by atoms with Gasteiger partial charge in [0.1, 0.15) is 0 Å². The van der Waals surface area contributed by atoms with Gasteiger partial charge in [0, 0.05) is 19.7 Å². The minimum absolute atomic E-state index is 0.0750. The molecule has 0 radical (unpaired) electrons. The van der Waals surface area contributed by atoms with Gasteiger partial charge in [0.05, 0.1) is 12.1 Å². The second-order valence-electron chi connectivity index (χ2n) is 5.06. The molecule has 4 nitrogen and oxygen atoms in total. The van der Waals surface area contributed by atoms with Crippen LogP contribution in [-0.4, -0.2) is 42.6 Å². The van der Waals surface area contributed by atoms with Crippen molar-refractivity contribution >= 4 is 5.91 Å². The zero-order chi connectivity index (χ0) is 12.1. The molecule has 1 rings (SSSR count). The van der Waals surface area contributed by atoms with Crippen LogP contribution in [0.2, 0.25) is 0 Å². The number of amides is 1. The standard InChI is InChI=1S/C12H24N2O2/c1-9(2)7-11(13)12(15)14-5-4-6-16-10(3)8-14/h9-11H,4-8,13H2,1-3H3. The van der Waals surface area contributed by atoms with Crippen LogP contribution in [0.5, 0.6) is 0 Å². The molecular weight excluding hydrogens is 204 g/mol. The number of nitrogens with two attached hydrogens (primary N) is 1. The van der Waals surface area contributed by atoms with E-state index in [-0.39, 0.29) is 18.1 Å². The third-order valence-electron chi connectivity index (χ3n) is 2.81. The smallest absolute Gasteiger partial charge is 0.239 e. The molecule has 0 spiro atoms. The first-order chi connectivity index (χ1) is 7.50. The summed E-state index contributed by atoms with van der Waals surface area (Å²) >= 11 is 0. The Bertz CT molecular complexity index is 231. The SMILES string of the molecule is CC(C)CC(N)C(=O)N1CCCOC(C)C1. The van der Waals surface area contributed by atoms with Gasteiger partial charge < -0.3 is 15.4 Å². The summed E-state index contributed by atoms with van der Waals surface area (Å²) in [5.41, 5.74) is 5.91. The Morgan fingerprint density at radius 3 is 2.88 bits per heavy atom. The van der Waals surface area contributed by atoms with E-state index in [0.29, 0.717) is 12.5 Å². The molecule has 0 saturated carbocycles. The van der Waals surface area contributed by atoms with Crippen LogP contribution in [0.1, 0.15) is 33.6 Å². The van der Waals surface area contributed by atoms with E-state index in [1.807, 2.05) is 11.8 Å². The molecule has 1 amide bonds. The summed E-state index contributed by atoms with van der Waals surface area (Å²) in [7, 11) is 0. The summed E-state index contributed by atoms with van der Waals surface area (Å²) in [5, 5.41) is 0. The first-order valence-corrected chi connectivity index (χ1v) is 6.16. The second-order valence-corrected chi connectivity index (χ2v) is 5.06. The molecule has 1 saturated heterocycles. The minimum atomic E-state index is -0.356. The number of hydrogen-bond donors (Lipinski definition) is 1. The monoisotopic (exact) mass is 228 g/mol. The maximum Gasteiger partial charge on any atom is 0.239 e. The summed E-state index contributed by atoms with van der Waals surface area (Å²) < 4.78 is 5.51. The number of rotatable bonds is 3. The normalized spacial score (nSPS) is 24.3. The number of carbonyl (C=O) groups excluding carboxylic acids is 1. The zero-order valence-corrected chi connectivity index (χ0v) is 10.6.